The van der Waals surface area contributed by atoms with Crippen LogP contribution < -0.4 is 0 Å². The van der Waals surface area contributed by atoms with Crippen LogP contribution in [0.5, 0.6) is 0 Å². The Balaban J connectivity index is 3.40. The van der Waals surface area contributed by atoms with Crippen molar-refractivity contribution in [2.45, 2.75) is 6.92 Å². The number of halogens is 2. The van der Waals surface area contributed by atoms with Crippen LogP contribution >= 0.6 is 0 Å². The summed E-state index contributed by atoms with van der Waals surface area (Å²) in [5, 5.41) is 0. The lowest BCUT2D eigenvalue weighted by Crippen LogP contribution is -1.90. The van der Waals surface area contributed by atoms with E-state index in [1.54, 1.807) is 6.92 Å². The van der Waals surface area contributed by atoms with Crippen molar-refractivity contribution in [2.75, 3.05) is 0 Å². The van der Waals surface area contributed by atoms with Crippen molar-refractivity contribution in [1.82, 2.24) is 0 Å². The fourth-order valence-corrected chi connectivity index (χ4v) is 0.838. The number of rotatable bonds is 0. The summed E-state index contributed by atoms with van der Waals surface area (Å²) in [7, 11) is 0. The van der Waals surface area contributed by atoms with Gasteiger partial charge in [-0.3, -0.25) is 0 Å². The van der Waals surface area contributed by atoms with Gasteiger partial charge in [0.2, 0.25) is 0 Å². The van der Waals surface area contributed by atoms with Crippen molar-refractivity contribution in [1.29, 1.82) is 0 Å². The van der Waals surface area contributed by atoms with Crippen LogP contribution in [0.2, 0.25) is 0 Å². The lowest BCUT2D eigenvalue weighted by molar-refractivity contribution is 0.575. The van der Waals surface area contributed by atoms with Crippen LogP contribution in [0.1, 0.15) is 11.1 Å². The Bertz CT molecular complexity index is 298. The average Bonchev–Trinajstić information content (AvgIpc) is 1.85. The maximum absolute atomic E-state index is 12.7. The molecule has 0 radical (unpaired) electrons. The second-order valence-corrected chi connectivity index (χ2v) is 2.25. The minimum Gasteiger partial charge on any atom is -0.206 e. The second-order valence-electron chi connectivity index (χ2n) is 2.25. The summed E-state index contributed by atoms with van der Waals surface area (Å²) in [6, 6.07) is 2.41. The first-order chi connectivity index (χ1) is 5.15. The number of terminal acetylenes is 1. The van der Waals surface area contributed by atoms with Gasteiger partial charge < -0.3 is 0 Å². The highest BCUT2D eigenvalue weighted by Crippen LogP contribution is 2.13. The predicted molar refractivity (Wildman–Crippen MR) is 39.0 cm³/mol. The highest BCUT2D eigenvalue weighted by molar-refractivity contribution is 5.36. The van der Waals surface area contributed by atoms with Crippen LogP contribution in [-0.2, 0) is 0 Å². The zero-order valence-electron chi connectivity index (χ0n) is 5.99. The number of hydrogen-bond donors (Lipinski definition) is 0. The molecule has 0 saturated heterocycles. The Kier molecular flexibility index (Phi) is 1.91. The van der Waals surface area contributed by atoms with Crippen LogP contribution in [0.3, 0.4) is 0 Å². The van der Waals surface area contributed by atoms with E-state index in [4.69, 9.17) is 6.42 Å². The molecule has 0 heterocycles. The summed E-state index contributed by atoms with van der Waals surface area (Å²) in [6.07, 6.45) is 4.87. The third-order valence-electron chi connectivity index (χ3n) is 1.33. The van der Waals surface area contributed by atoms with Crippen molar-refractivity contribution in [2.24, 2.45) is 0 Å². The lowest BCUT2D eigenvalue weighted by atomic mass is 10.1. The van der Waals surface area contributed by atoms with Gasteiger partial charge in [-0.1, -0.05) is 5.92 Å². The van der Waals surface area contributed by atoms with E-state index in [2.05, 4.69) is 0 Å². The molecule has 0 unspecified atom stereocenters. The summed E-state index contributed by atoms with van der Waals surface area (Å²) < 4.78 is 25.5. The molecule has 0 aliphatic heterocycles. The molecule has 0 aromatic heterocycles. The Morgan fingerprint density at radius 1 is 1.27 bits per heavy atom. The first-order valence-electron chi connectivity index (χ1n) is 3.07. The fraction of sp³-hybridized carbons (Fsp3) is 0.111. The first-order valence-corrected chi connectivity index (χ1v) is 3.07. The maximum Gasteiger partial charge on any atom is 0.142 e. The first kappa shape index (κ1) is 7.74. The van der Waals surface area contributed by atoms with Gasteiger partial charge in [0.25, 0.3) is 0 Å². The van der Waals surface area contributed by atoms with Crippen LogP contribution in [0.4, 0.5) is 8.78 Å². The zero-order valence-corrected chi connectivity index (χ0v) is 5.99. The highest BCUT2D eigenvalue weighted by Gasteiger charge is 2.05. The van der Waals surface area contributed by atoms with Gasteiger partial charge in [-0.05, 0) is 24.6 Å². The van der Waals surface area contributed by atoms with E-state index >= 15 is 0 Å². The molecule has 0 bridgehead atoms. The van der Waals surface area contributed by atoms with Gasteiger partial charge in [0.1, 0.15) is 11.6 Å². The smallest absolute Gasteiger partial charge is 0.142 e. The van der Waals surface area contributed by atoms with Gasteiger partial charge >= 0.3 is 0 Å². The van der Waals surface area contributed by atoms with E-state index in [0.29, 0.717) is 5.56 Å². The molecule has 0 spiro atoms. The van der Waals surface area contributed by atoms with Crippen LogP contribution in [0.15, 0.2) is 12.1 Å². The molecule has 0 amide bonds. The average molecular weight is 152 g/mol. The molecule has 0 aliphatic carbocycles. The molecule has 1 rings (SSSR count). The Morgan fingerprint density at radius 2 is 1.73 bits per heavy atom. The van der Waals surface area contributed by atoms with Gasteiger partial charge in [-0.15, -0.1) is 6.42 Å². The Hall–Kier alpha value is -1.36. The van der Waals surface area contributed by atoms with Crippen molar-refractivity contribution < 1.29 is 8.78 Å². The summed E-state index contributed by atoms with van der Waals surface area (Å²) in [5.74, 6) is 0.589. The summed E-state index contributed by atoms with van der Waals surface area (Å²) in [6.45, 7) is 1.60. The Labute approximate surface area is 63.9 Å². The molecule has 11 heavy (non-hydrogen) atoms. The third-order valence-corrected chi connectivity index (χ3v) is 1.33. The maximum atomic E-state index is 12.7. The number of hydrogen-bond acceptors (Lipinski definition) is 0. The SMILES string of the molecule is C#Cc1c(F)cc(C)cc1F. The zero-order chi connectivity index (χ0) is 8.43. The molecule has 0 saturated carbocycles. The van der Waals surface area contributed by atoms with Gasteiger partial charge in [0.05, 0.1) is 5.56 Å². The molecule has 0 nitrogen and oxygen atoms in total. The second kappa shape index (κ2) is 2.71. The topological polar surface area (TPSA) is 0 Å². The number of benzene rings is 1. The number of aryl methyl sites for hydroxylation is 1. The fourth-order valence-electron chi connectivity index (χ4n) is 0.838. The van der Waals surface area contributed by atoms with Gasteiger partial charge in [-0.25, -0.2) is 8.78 Å². The van der Waals surface area contributed by atoms with Gasteiger partial charge in [-0.2, -0.15) is 0 Å². The van der Waals surface area contributed by atoms with E-state index < -0.39 is 11.6 Å². The quantitative estimate of drug-likeness (QED) is 0.500. The summed E-state index contributed by atoms with van der Waals surface area (Å²) >= 11 is 0. The minimum absolute atomic E-state index is 0.296. The van der Waals surface area contributed by atoms with Crippen LogP contribution in [0, 0.1) is 30.9 Å². The van der Waals surface area contributed by atoms with E-state index in [1.165, 1.54) is 12.1 Å². The van der Waals surface area contributed by atoms with Crippen LogP contribution in [-0.4, -0.2) is 0 Å². The van der Waals surface area contributed by atoms with Gasteiger partial charge in [0, 0.05) is 0 Å². The molecule has 1 aromatic carbocycles. The molecule has 1 aromatic rings. The van der Waals surface area contributed by atoms with Gasteiger partial charge in [0.15, 0.2) is 0 Å². The molecular formula is C9H6F2. The third kappa shape index (κ3) is 1.38. The van der Waals surface area contributed by atoms with E-state index in [9.17, 15) is 8.78 Å². The van der Waals surface area contributed by atoms with E-state index in [-0.39, 0.29) is 5.56 Å². The van der Waals surface area contributed by atoms with E-state index in [1.807, 2.05) is 5.92 Å². The largest absolute Gasteiger partial charge is 0.206 e. The predicted octanol–water partition coefficient (Wildman–Crippen LogP) is 2.25. The van der Waals surface area contributed by atoms with Crippen molar-refractivity contribution >= 4 is 0 Å². The molecule has 0 aliphatic rings. The van der Waals surface area contributed by atoms with Crippen molar-refractivity contribution in [3.63, 3.8) is 0 Å². The van der Waals surface area contributed by atoms with Crippen molar-refractivity contribution in [3.8, 4) is 12.3 Å². The lowest BCUT2D eigenvalue weighted by Gasteiger charge is -1.97. The van der Waals surface area contributed by atoms with Crippen LogP contribution in [0.25, 0.3) is 0 Å². The summed E-state index contributed by atoms with van der Waals surface area (Å²) in [4.78, 5) is 0. The minimum atomic E-state index is -0.676. The Morgan fingerprint density at radius 3 is 2.09 bits per heavy atom. The molecule has 56 valence electrons. The molecule has 2 heteroatoms. The normalized spacial score (nSPS) is 9.27. The standard InChI is InChI=1S/C9H6F2/c1-3-7-8(10)4-6(2)5-9(7)11/h1,4-5H,2H3. The van der Waals surface area contributed by atoms with Crippen molar-refractivity contribution in [3.05, 3.63) is 34.9 Å². The monoisotopic (exact) mass is 152 g/mol. The summed E-state index contributed by atoms with van der Waals surface area (Å²) in [5.41, 5.74) is 0.231. The molecular weight excluding hydrogens is 146 g/mol. The molecule has 0 fully saturated rings. The van der Waals surface area contributed by atoms with E-state index in [0.717, 1.165) is 0 Å². The molecule has 0 N–H and O–H groups in total. The highest BCUT2D eigenvalue weighted by atomic mass is 19.1. The molecule has 0 atom stereocenters.